The molecule has 15 heavy (non-hydrogen) atoms. The molecule has 0 aromatic heterocycles. The predicted molar refractivity (Wildman–Crippen MR) is 62.3 cm³/mol. The van der Waals surface area contributed by atoms with Gasteiger partial charge in [0.1, 0.15) is 0 Å². The van der Waals surface area contributed by atoms with Gasteiger partial charge in [-0.15, -0.1) is 0 Å². The molecule has 3 nitrogen and oxygen atoms in total. The van der Waals surface area contributed by atoms with Crippen LogP contribution in [-0.2, 0) is 9.53 Å². The quantitative estimate of drug-likeness (QED) is 0.856. The molecule has 1 aromatic carbocycles. The highest BCUT2D eigenvalue weighted by Gasteiger charge is 2.12. The Labute approximate surface area is 97.7 Å². The summed E-state index contributed by atoms with van der Waals surface area (Å²) in [5, 5.41) is 0. The Bertz CT molecular complexity index is 341. The fourth-order valence-corrected chi connectivity index (χ4v) is 1.67. The lowest BCUT2D eigenvalue weighted by Gasteiger charge is -2.11. The van der Waals surface area contributed by atoms with Crippen molar-refractivity contribution >= 4 is 21.9 Å². The zero-order chi connectivity index (χ0) is 11.3. The van der Waals surface area contributed by atoms with Gasteiger partial charge < -0.3 is 10.5 Å². The van der Waals surface area contributed by atoms with E-state index in [1.54, 1.807) is 6.92 Å². The predicted octanol–water partition coefficient (Wildman–Crippen LogP) is 2.40. The van der Waals surface area contributed by atoms with Crippen molar-refractivity contribution in [2.75, 3.05) is 6.61 Å². The summed E-state index contributed by atoms with van der Waals surface area (Å²) in [6.45, 7) is 2.17. The Morgan fingerprint density at radius 1 is 1.60 bits per heavy atom. The Morgan fingerprint density at radius 3 is 2.93 bits per heavy atom. The second-order valence-electron chi connectivity index (χ2n) is 3.17. The number of carbonyl (C=O) groups is 1. The highest BCUT2D eigenvalue weighted by atomic mass is 79.9. The Hall–Kier alpha value is -0.870. The number of carbonyl (C=O) groups excluding carboxylic acids is 1. The molecule has 1 aromatic rings. The first-order valence-electron chi connectivity index (χ1n) is 4.80. The van der Waals surface area contributed by atoms with Crippen LogP contribution in [0.4, 0.5) is 0 Å². The van der Waals surface area contributed by atoms with E-state index in [9.17, 15) is 4.79 Å². The third-order valence-electron chi connectivity index (χ3n) is 1.97. The van der Waals surface area contributed by atoms with Crippen LogP contribution in [0, 0.1) is 0 Å². The fourth-order valence-electron chi connectivity index (χ4n) is 1.25. The summed E-state index contributed by atoms with van der Waals surface area (Å²) in [5.74, 6) is -0.259. The third kappa shape index (κ3) is 4.01. The van der Waals surface area contributed by atoms with Gasteiger partial charge in [-0.25, -0.2) is 0 Å². The molecule has 4 heteroatoms. The number of hydrogen-bond donors (Lipinski definition) is 1. The lowest BCUT2D eigenvalue weighted by molar-refractivity contribution is -0.143. The average Bonchev–Trinajstić information content (AvgIpc) is 2.18. The number of halogens is 1. The number of ether oxygens (including phenoxy) is 1. The molecule has 0 aliphatic rings. The smallest absolute Gasteiger partial charge is 0.307 e. The van der Waals surface area contributed by atoms with Gasteiger partial charge in [0.2, 0.25) is 0 Å². The van der Waals surface area contributed by atoms with Crippen LogP contribution in [0.15, 0.2) is 28.7 Å². The number of rotatable bonds is 4. The van der Waals surface area contributed by atoms with Crippen LogP contribution in [0.1, 0.15) is 24.9 Å². The lowest BCUT2D eigenvalue weighted by atomic mass is 10.1. The summed E-state index contributed by atoms with van der Waals surface area (Å²) < 4.78 is 5.79. The third-order valence-corrected chi connectivity index (χ3v) is 2.46. The SMILES string of the molecule is CCOC(=O)CC(N)c1cccc(Br)c1. The molecular formula is C11H14BrNO2. The van der Waals surface area contributed by atoms with Crippen molar-refractivity contribution in [1.82, 2.24) is 0 Å². The molecule has 0 spiro atoms. The van der Waals surface area contributed by atoms with Gasteiger partial charge in [-0.1, -0.05) is 28.1 Å². The monoisotopic (exact) mass is 271 g/mol. The van der Waals surface area contributed by atoms with Crippen molar-refractivity contribution in [3.8, 4) is 0 Å². The molecule has 0 fully saturated rings. The standard InChI is InChI=1S/C11H14BrNO2/c1-2-15-11(14)7-10(13)8-4-3-5-9(12)6-8/h3-6,10H,2,7,13H2,1H3. The summed E-state index contributed by atoms with van der Waals surface area (Å²) >= 11 is 3.36. The maximum absolute atomic E-state index is 11.2. The summed E-state index contributed by atoms with van der Waals surface area (Å²) in [7, 11) is 0. The second-order valence-corrected chi connectivity index (χ2v) is 4.09. The van der Waals surface area contributed by atoms with Gasteiger partial charge in [0.05, 0.1) is 13.0 Å². The second kappa shape index (κ2) is 5.88. The summed E-state index contributed by atoms with van der Waals surface area (Å²) in [6.07, 6.45) is 0.213. The van der Waals surface area contributed by atoms with Gasteiger partial charge in [-0.2, -0.15) is 0 Å². The molecule has 0 amide bonds. The topological polar surface area (TPSA) is 52.3 Å². The minimum Gasteiger partial charge on any atom is -0.466 e. The number of esters is 1. The van der Waals surface area contributed by atoms with Gasteiger partial charge in [0.15, 0.2) is 0 Å². The van der Waals surface area contributed by atoms with Crippen molar-refractivity contribution in [2.45, 2.75) is 19.4 Å². The minimum absolute atomic E-state index is 0.213. The molecule has 1 unspecified atom stereocenters. The van der Waals surface area contributed by atoms with Crippen LogP contribution in [0.25, 0.3) is 0 Å². The van der Waals surface area contributed by atoms with Crippen LogP contribution in [0.3, 0.4) is 0 Å². The Balaban J connectivity index is 2.60. The van der Waals surface area contributed by atoms with E-state index in [0.717, 1.165) is 10.0 Å². The maximum Gasteiger partial charge on any atom is 0.307 e. The molecule has 0 heterocycles. The highest BCUT2D eigenvalue weighted by molar-refractivity contribution is 9.10. The fraction of sp³-hybridized carbons (Fsp3) is 0.364. The van der Waals surface area contributed by atoms with E-state index in [-0.39, 0.29) is 18.4 Å². The first-order valence-corrected chi connectivity index (χ1v) is 5.59. The van der Waals surface area contributed by atoms with Gasteiger partial charge >= 0.3 is 5.97 Å². The van der Waals surface area contributed by atoms with E-state index < -0.39 is 0 Å². The van der Waals surface area contributed by atoms with Crippen LogP contribution >= 0.6 is 15.9 Å². The lowest BCUT2D eigenvalue weighted by Crippen LogP contribution is -2.17. The van der Waals surface area contributed by atoms with E-state index in [0.29, 0.717) is 6.61 Å². The molecule has 2 N–H and O–H groups in total. The van der Waals surface area contributed by atoms with Gasteiger partial charge in [-0.3, -0.25) is 4.79 Å². The molecule has 1 rings (SSSR count). The van der Waals surface area contributed by atoms with E-state index in [4.69, 9.17) is 10.5 Å². The van der Waals surface area contributed by atoms with E-state index in [1.807, 2.05) is 24.3 Å². The zero-order valence-corrected chi connectivity index (χ0v) is 10.2. The molecule has 0 radical (unpaired) electrons. The molecule has 0 saturated carbocycles. The van der Waals surface area contributed by atoms with Crippen molar-refractivity contribution in [2.24, 2.45) is 5.73 Å². The van der Waals surface area contributed by atoms with E-state index in [2.05, 4.69) is 15.9 Å². The van der Waals surface area contributed by atoms with E-state index in [1.165, 1.54) is 0 Å². The molecule has 0 aliphatic heterocycles. The highest BCUT2D eigenvalue weighted by Crippen LogP contribution is 2.19. The van der Waals surface area contributed by atoms with Crippen molar-refractivity contribution in [3.05, 3.63) is 34.3 Å². The van der Waals surface area contributed by atoms with Crippen LogP contribution < -0.4 is 5.73 Å². The van der Waals surface area contributed by atoms with Gasteiger partial charge in [-0.05, 0) is 24.6 Å². The van der Waals surface area contributed by atoms with Crippen LogP contribution in [-0.4, -0.2) is 12.6 Å². The molecular weight excluding hydrogens is 258 g/mol. The Kier molecular flexibility index (Phi) is 4.78. The maximum atomic E-state index is 11.2. The van der Waals surface area contributed by atoms with Crippen LogP contribution in [0.5, 0.6) is 0 Å². The van der Waals surface area contributed by atoms with Crippen molar-refractivity contribution < 1.29 is 9.53 Å². The summed E-state index contributed by atoms with van der Waals surface area (Å²) in [4.78, 5) is 11.2. The molecule has 1 atom stereocenters. The normalized spacial score (nSPS) is 12.2. The molecule has 0 bridgehead atoms. The number of nitrogens with two attached hydrogens (primary N) is 1. The minimum atomic E-state index is -0.304. The first kappa shape index (κ1) is 12.2. The van der Waals surface area contributed by atoms with Crippen LogP contribution in [0.2, 0.25) is 0 Å². The molecule has 0 saturated heterocycles. The molecule has 0 aliphatic carbocycles. The summed E-state index contributed by atoms with van der Waals surface area (Å²) in [6, 6.07) is 7.31. The van der Waals surface area contributed by atoms with E-state index >= 15 is 0 Å². The zero-order valence-electron chi connectivity index (χ0n) is 8.57. The average molecular weight is 272 g/mol. The van der Waals surface area contributed by atoms with Gasteiger partial charge in [0, 0.05) is 10.5 Å². The summed E-state index contributed by atoms with van der Waals surface area (Å²) in [5.41, 5.74) is 6.80. The van der Waals surface area contributed by atoms with Crippen molar-refractivity contribution in [1.29, 1.82) is 0 Å². The first-order chi connectivity index (χ1) is 7.13. The van der Waals surface area contributed by atoms with Crippen molar-refractivity contribution in [3.63, 3.8) is 0 Å². The Morgan fingerprint density at radius 2 is 2.33 bits per heavy atom. The molecule has 82 valence electrons. The van der Waals surface area contributed by atoms with Gasteiger partial charge in [0.25, 0.3) is 0 Å². The number of hydrogen-bond acceptors (Lipinski definition) is 3. The largest absolute Gasteiger partial charge is 0.466 e. The number of benzene rings is 1.